The quantitative estimate of drug-likeness (QED) is 0.343. The van der Waals surface area contributed by atoms with Gasteiger partial charge >= 0.3 is 11.9 Å². The Bertz CT molecular complexity index is 1750. The lowest BCUT2D eigenvalue weighted by Crippen LogP contribution is -2.30. The number of rotatable bonds is 6. The molecule has 1 N–H and O–H groups in total. The van der Waals surface area contributed by atoms with Crippen LogP contribution in [0.5, 0.6) is 0 Å². The summed E-state index contributed by atoms with van der Waals surface area (Å²) in [5, 5.41) is 0. The molecule has 0 spiro atoms. The minimum atomic E-state index is -4.54. The van der Waals surface area contributed by atoms with E-state index in [4.69, 9.17) is 9.72 Å². The maximum atomic E-state index is 13.4. The van der Waals surface area contributed by atoms with Gasteiger partial charge in [0.25, 0.3) is 0 Å². The van der Waals surface area contributed by atoms with Crippen molar-refractivity contribution in [2.75, 3.05) is 13.2 Å². The van der Waals surface area contributed by atoms with Crippen LogP contribution in [0.1, 0.15) is 41.8 Å². The molecule has 4 aromatic heterocycles. The summed E-state index contributed by atoms with van der Waals surface area (Å²) >= 11 is 0. The molecule has 9 nitrogen and oxygen atoms in total. The van der Waals surface area contributed by atoms with E-state index in [9.17, 15) is 18.0 Å². The first-order chi connectivity index (χ1) is 18.8. The number of nitrogens with one attached hydrogen (secondary N) is 1. The Morgan fingerprint density at radius 3 is 2.54 bits per heavy atom. The average molecular weight is 534 g/mol. The molecule has 1 saturated heterocycles. The normalized spacial score (nSPS) is 16.1. The van der Waals surface area contributed by atoms with Crippen molar-refractivity contribution < 1.29 is 17.9 Å². The first-order valence-electron chi connectivity index (χ1n) is 12.6. The third-order valence-corrected chi connectivity index (χ3v) is 7.14. The second-order valence-corrected chi connectivity index (χ2v) is 9.90. The molecular formula is C27H22F3N7O2. The van der Waals surface area contributed by atoms with Crippen LogP contribution >= 0.6 is 0 Å². The molecule has 1 aromatic carbocycles. The highest BCUT2D eigenvalue weighted by molar-refractivity contribution is 5.73. The van der Waals surface area contributed by atoms with E-state index < -0.39 is 11.9 Å². The lowest BCUT2D eigenvalue weighted by molar-refractivity contribution is -0.141. The number of hydrogen-bond acceptors (Lipinski definition) is 6. The van der Waals surface area contributed by atoms with Crippen LogP contribution in [-0.2, 0) is 17.5 Å². The molecule has 0 bridgehead atoms. The first kappa shape index (κ1) is 23.8. The number of H-pyrrole nitrogens is 1. The predicted octanol–water partition coefficient (Wildman–Crippen LogP) is 4.56. The Labute approximate surface area is 219 Å². The number of aromatic nitrogens is 7. The highest BCUT2D eigenvalue weighted by atomic mass is 19.4. The summed E-state index contributed by atoms with van der Waals surface area (Å²) in [6.45, 7) is 0.900. The van der Waals surface area contributed by atoms with E-state index in [1.807, 2.05) is 12.1 Å². The fourth-order valence-corrected chi connectivity index (χ4v) is 4.86. The van der Waals surface area contributed by atoms with E-state index in [2.05, 4.69) is 19.9 Å². The number of nitrogens with zero attached hydrogens (tertiary/aromatic N) is 6. The molecule has 0 radical (unpaired) electrons. The van der Waals surface area contributed by atoms with E-state index in [1.54, 1.807) is 36.7 Å². The summed E-state index contributed by atoms with van der Waals surface area (Å²) in [5.74, 6) is 1.15. The van der Waals surface area contributed by atoms with Gasteiger partial charge in [0.15, 0.2) is 17.2 Å². The zero-order chi connectivity index (χ0) is 26.7. The van der Waals surface area contributed by atoms with E-state index in [0.29, 0.717) is 41.7 Å². The molecule has 0 atom stereocenters. The van der Waals surface area contributed by atoms with Gasteiger partial charge in [0.2, 0.25) is 0 Å². The van der Waals surface area contributed by atoms with Gasteiger partial charge in [0.05, 0.1) is 37.7 Å². The van der Waals surface area contributed by atoms with Gasteiger partial charge in [0.1, 0.15) is 11.3 Å². The number of pyridine rings is 1. The van der Waals surface area contributed by atoms with Crippen molar-refractivity contribution in [2.24, 2.45) is 0 Å². The summed E-state index contributed by atoms with van der Waals surface area (Å²) in [7, 11) is 0. The smallest absolute Gasteiger partial charge is 0.377 e. The topological polar surface area (TPSA) is 104 Å². The number of benzene rings is 1. The largest absolute Gasteiger partial charge is 0.434 e. The molecule has 2 aliphatic rings. The Kier molecular flexibility index (Phi) is 5.41. The highest BCUT2D eigenvalue weighted by Gasteiger charge is 2.37. The zero-order valence-corrected chi connectivity index (χ0v) is 20.5. The van der Waals surface area contributed by atoms with Crippen LogP contribution in [0, 0.1) is 0 Å². The zero-order valence-electron chi connectivity index (χ0n) is 20.5. The summed E-state index contributed by atoms with van der Waals surface area (Å²) in [6.07, 6.45) is 2.03. The van der Waals surface area contributed by atoms with Crippen molar-refractivity contribution in [3.8, 4) is 22.8 Å². The lowest BCUT2D eigenvalue weighted by Gasteiger charge is -2.28. The Hall–Kier alpha value is -4.32. The predicted molar refractivity (Wildman–Crippen MR) is 135 cm³/mol. The molecular weight excluding hydrogens is 511 g/mol. The maximum Gasteiger partial charge on any atom is 0.434 e. The van der Waals surface area contributed by atoms with Crippen molar-refractivity contribution in [1.29, 1.82) is 0 Å². The highest BCUT2D eigenvalue weighted by Crippen LogP contribution is 2.42. The van der Waals surface area contributed by atoms with Gasteiger partial charge in [-0.25, -0.2) is 19.7 Å². The Morgan fingerprint density at radius 1 is 1.05 bits per heavy atom. The van der Waals surface area contributed by atoms with Gasteiger partial charge in [-0.2, -0.15) is 13.2 Å². The van der Waals surface area contributed by atoms with Crippen LogP contribution < -0.4 is 5.69 Å². The molecule has 1 saturated carbocycles. The van der Waals surface area contributed by atoms with Gasteiger partial charge in [-0.15, -0.1) is 0 Å². The molecule has 198 valence electrons. The summed E-state index contributed by atoms with van der Waals surface area (Å²) < 4.78 is 48.3. The monoisotopic (exact) mass is 533 g/mol. The number of imidazole rings is 2. The van der Waals surface area contributed by atoms with E-state index in [1.165, 1.54) is 9.13 Å². The van der Waals surface area contributed by atoms with Crippen molar-refractivity contribution >= 4 is 11.2 Å². The number of hydrogen-bond donors (Lipinski definition) is 1. The molecule has 7 rings (SSSR count). The van der Waals surface area contributed by atoms with Crippen molar-refractivity contribution in [2.45, 2.75) is 37.5 Å². The second kappa shape index (κ2) is 8.87. The van der Waals surface area contributed by atoms with Crippen molar-refractivity contribution in [3.63, 3.8) is 0 Å². The van der Waals surface area contributed by atoms with Crippen LogP contribution in [0.15, 0.2) is 59.8 Å². The minimum absolute atomic E-state index is 0.192. The molecule has 12 heteroatoms. The molecule has 0 unspecified atom stereocenters. The van der Waals surface area contributed by atoms with Gasteiger partial charge in [-0.3, -0.25) is 9.55 Å². The van der Waals surface area contributed by atoms with E-state index in [0.717, 1.165) is 35.9 Å². The number of ether oxygens (including phenoxy) is 1. The minimum Gasteiger partial charge on any atom is -0.377 e. The SMILES string of the molecule is O=c1[nH]c2cnc(-c3cccnc3C3CC3)nc2n1Cc1ccc(-c2nc(C(F)(F)F)cn2C2COC2)cc1. The standard InChI is InChI=1S/C27H22F3N7O2/c28-27(29,30)21-12-36(18-13-39-14-18)24(34-21)17-5-3-15(4-6-17)11-37-25-20(33-26(37)38)10-32-23(35-25)19-2-1-9-31-22(19)16-7-8-16/h1-6,9-10,12,16,18H,7-8,11,13-14H2,(H,33,38). The third-order valence-electron chi connectivity index (χ3n) is 7.14. The molecule has 5 aromatic rings. The van der Waals surface area contributed by atoms with Crippen LogP contribution in [0.25, 0.3) is 33.9 Å². The average Bonchev–Trinajstić information content (AvgIpc) is 3.57. The number of aromatic amines is 1. The Morgan fingerprint density at radius 2 is 1.85 bits per heavy atom. The van der Waals surface area contributed by atoms with Gasteiger partial charge < -0.3 is 14.3 Å². The molecule has 1 aliphatic heterocycles. The molecule has 0 amide bonds. The van der Waals surface area contributed by atoms with Crippen LogP contribution in [0.4, 0.5) is 13.2 Å². The fraction of sp³-hybridized carbons (Fsp3) is 0.296. The fourth-order valence-electron chi connectivity index (χ4n) is 4.86. The summed E-state index contributed by atoms with van der Waals surface area (Å²) in [6, 6.07) is 10.6. The van der Waals surface area contributed by atoms with Gasteiger partial charge in [0, 0.05) is 29.4 Å². The molecule has 1 aliphatic carbocycles. The van der Waals surface area contributed by atoms with E-state index in [-0.39, 0.29) is 24.1 Å². The molecule has 5 heterocycles. The maximum absolute atomic E-state index is 13.4. The van der Waals surface area contributed by atoms with Crippen LogP contribution in [0.3, 0.4) is 0 Å². The molecule has 2 fully saturated rings. The summed E-state index contributed by atoms with van der Waals surface area (Å²) in [5.41, 5.74) is 2.87. The van der Waals surface area contributed by atoms with E-state index >= 15 is 0 Å². The number of fused-ring (bicyclic) bond motifs is 1. The van der Waals surface area contributed by atoms with Crippen LogP contribution in [-0.4, -0.2) is 47.3 Å². The van der Waals surface area contributed by atoms with Crippen molar-refractivity contribution in [3.05, 3.63) is 82.4 Å². The summed E-state index contributed by atoms with van der Waals surface area (Å²) in [4.78, 5) is 33.2. The van der Waals surface area contributed by atoms with Crippen LogP contribution in [0.2, 0.25) is 0 Å². The van der Waals surface area contributed by atoms with Crippen molar-refractivity contribution in [1.82, 2.24) is 34.1 Å². The number of halogens is 3. The van der Waals surface area contributed by atoms with Gasteiger partial charge in [-0.05, 0) is 30.5 Å². The third kappa shape index (κ3) is 4.30. The number of alkyl halides is 3. The van der Waals surface area contributed by atoms with Gasteiger partial charge in [-0.1, -0.05) is 24.3 Å². The lowest BCUT2D eigenvalue weighted by atomic mass is 10.1. The Balaban J connectivity index is 1.21. The second-order valence-electron chi connectivity index (χ2n) is 9.90. The first-order valence-corrected chi connectivity index (χ1v) is 12.6. The molecule has 39 heavy (non-hydrogen) atoms.